The van der Waals surface area contributed by atoms with E-state index in [1.54, 1.807) is 0 Å². The second-order valence-electron chi connectivity index (χ2n) is 5.37. The van der Waals surface area contributed by atoms with Gasteiger partial charge in [0.25, 0.3) is 0 Å². The van der Waals surface area contributed by atoms with Gasteiger partial charge in [-0.05, 0) is 27.8 Å². The van der Waals surface area contributed by atoms with Crippen LogP contribution < -0.4 is 5.32 Å². The number of likely N-dealkylation sites (N-methyl/N-ethyl adjacent to an activating group) is 1. The quantitative estimate of drug-likeness (QED) is 0.701. The largest absolute Gasteiger partial charge is 0.375 e. The van der Waals surface area contributed by atoms with E-state index in [0.717, 1.165) is 26.2 Å². The van der Waals surface area contributed by atoms with E-state index in [9.17, 15) is 0 Å². The van der Waals surface area contributed by atoms with Gasteiger partial charge in [0.05, 0.1) is 12.2 Å². The van der Waals surface area contributed by atoms with Crippen LogP contribution >= 0.6 is 0 Å². The number of ether oxygens (including phenoxy) is 1. The van der Waals surface area contributed by atoms with Crippen LogP contribution in [0.1, 0.15) is 34.6 Å². The predicted molar refractivity (Wildman–Crippen MR) is 66.3 cm³/mol. The van der Waals surface area contributed by atoms with Crippen LogP contribution in [0.25, 0.3) is 0 Å². The molecule has 0 fully saturated rings. The third-order valence-corrected chi connectivity index (χ3v) is 2.05. The molecule has 0 aromatic rings. The number of nitrogens with one attached hydrogen (secondary N) is 1. The van der Waals surface area contributed by atoms with Crippen molar-refractivity contribution in [2.45, 2.75) is 46.3 Å². The van der Waals surface area contributed by atoms with Crippen LogP contribution in [0.15, 0.2) is 0 Å². The second kappa shape index (κ2) is 7.20. The van der Waals surface area contributed by atoms with Gasteiger partial charge in [0, 0.05) is 25.7 Å². The topological polar surface area (TPSA) is 24.5 Å². The Bertz CT molecular complexity index is 152. The molecule has 0 aliphatic carbocycles. The summed E-state index contributed by atoms with van der Waals surface area (Å²) in [5.74, 6) is 0. The molecule has 3 heteroatoms. The van der Waals surface area contributed by atoms with Crippen LogP contribution in [0.2, 0.25) is 0 Å². The molecule has 0 saturated carbocycles. The molecule has 3 nitrogen and oxygen atoms in total. The average molecular weight is 216 g/mol. The fourth-order valence-corrected chi connectivity index (χ4v) is 1.16. The molecule has 0 rings (SSSR count). The molecule has 0 amide bonds. The van der Waals surface area contributed by atoms with E-state index in [1.165, 1.54) is 0 Å². The van der Waals surface area contributed by atoms with Crippen molar-refractivity contribution in [1.29, 1.82) is 0 Å². The summed E-state index contributed by atoms with van der Waals surface area (Å²) in [6, 6.07) is 0.573. The lowest BCUT2D eigenvalue weighted by atomic mass is 10.2. The molecule has 0 aliphatic rings. The van der Waals surface area contributed by atoms with Crippen molar-refractivity contribution in [1.82, 2.24) is 10.2 Å². The lowest BCUT2D eigenvalue weighted by molar-refractivity contribution is -0.0106. The number of rotatable bonds is 7. The minimum atomic E-state index is -0.0168. The van der Waals surface area contributed by atoms with Gasteiger partial charge < -0.3 is 15.0 Å². The molecule has 92 valence electrons. The van der Waals surface area contributed by atoms with E-state index in [2.05, 4.69) is 51.9 Å². The van der Waals surface area contributed by atoms with Crippen LogP contribution in [0, 0.1) is 0 Å². The van der Waals surface area contributed by atoms with E-state index in [0.29, 0.717) is 6.04 Å². The first-order chi connectivity index (χ1) is 6.81. The summed E-state index contributed by atoms with van der Waals surface area (Å²) in [4.78, 5) is 2.29. The summed E-state index contributed by atoms with van der Waals surface area (Å²) < 4.78 is 5.67. The Hall–Kier alpha value is -0.120. The molecule has 0 saturated heterocycles. The normalized spacial score (nSPS) is 12.8. The fraction of sp³-hybridized carbons (Fsp3) is 1.00. The van der Waals surface area contributed by atoms with Gasteiger partial charge in [0.1, 0.15) is 0 Å². The first kappa shape index (κ1) is 14.9. The SMILES string of the molecule is CC(C)NCCN(C)CCOC(C)(C)C. The number of hydrogen-bond acceptors (Lipinski definition) is 3. The van der Waals surface area contributed by atoms with Gasteiger partial charge >= 0.3 is 0 Å². The minimum Gasteiger partial charge on any atom is -0.375 e. The standard InChI is InChI=1S/C12H28N2O/c1-11(2)13-7-8-14(6)9-10-15-12(3,4)5/h11,13H,7-10H2,1-6H3. The van der Waals surface area contributed by atoms with Gasteiger partial charge in [-0.3, -0.25) is 0 Å². The molecule has 0 aliphatic heterocycles. The highest BCUT2D eigenvalue weighted by Gasteiger charge is 2.09. The van der Waals surface area contributed by atoms with Crippen molar-refractivity contribution >= 4 is 0 Å². The summed E-state index contributed by atoms with van der Waals surface area (Å²) in [5.41, 5.74) is -0.0168. The third-order valence-electron chi connectivity index (χ3n) is 2.05. The van der Waals surface area contributed by atoms with E-state index in [-0.39, 0.29) is 5.60 Å². The maximum Gasteiger partial charge on any atom is 0.0600 e. The van der Waals surface area contributed by atoms with E-state index in [4.69, 9.17) is 4.74 Å². The lowest BCUT2D eigenvalue weighted by Crippen LogP contribution is -2.35. The van der Waals surface area contributed by atoms with Crippen LogP contribution in [0.4, 0.5) is 0 Å². The Morgan fingerprint density at radius 3 is 2.27 bits per heavy atom. The zero-order valence-corrected chi connectivity index (χ0v) is 11.3. The Labute approximate surface area is 95.2 Å². The highest BCUT2D eigenvalue weighted by atomic mass is 16.5. The molecule has 0 heterocycles. The summed E-state index contributed by atoms with van der Waals surface area (Å²) in [6.07, 6.45) is 0. The average Bonchev–Trinajstić information content (AvgIpc) is 2.00. The van der Waals surface area contributed by atoms with Crippen LogP contribution in [-0.4, -0.2) is 49.8 Å². The van der Waals surface area contributed by atoms with E-state index in [1.807, 2.05) is 0 Å². The molecule has 0 aromatic carbocycles. The van der Waals surface area contributed by atoms with Crippen molar-refractivity contribution < 1.29 is 4.74 Å². The monoisotopic (exact) mass is 216 g/mol. The number of nitrogens with zero attached hydrogens (tertiary/aromatic N) is 1. The molecule has 15 heavy (non-hydrogen) atoms. The van der Waals surface area contributed by atoms with Gasteiger partial charge in [0.15, 0.2) is 0 Å². The molecule has 0 aromatic heterocycles. The highest BCUT2D eigenvalue weighted by molar-refractivity contribution is 4.61. The predicted octanol–water partition coefficient (Wildman–Crippen LogP) is 1.73. The fourth-order valence-electron chi connectivity index (χ4n) is 1.16. The van der Waals surface area contributed by atoms with Crippen molar-refractivity contribution in [3.63, 3.8) is 0 Å². The van der Waals surface area contributed by atoms with E-state index < -0.39 is 0 Å². The van der Waals surface area contributed by atoms with Gasteiger partial charge in [-0.15, -0.1) is 0 Å². The molecule has 1 N–H and O–H groups in total. The molecular weight excluding hydrogens is 188 g/mol. The Balaban J connectivity index is 3.37. The zero-order valence-electron chi connectivity index (χ0n) is 11.3. The van der Waals surface area contributed by atoms with Crippen molar-refractivity contribution in [2.24, 2.45) is 0 Å². The van der Waals surface area contributed by atoms with Crippen molar-refractivity contribution in [2.75, 3.05) is 33.3 Å². The maximum absolute atomic E-state index is 5.67. The summed E-state index contributed by atoms with van der Waals surface area (Å²) in [7, 11) is 2.13. The zero-order chi connectivity index (χ0) is 11.9. The Morgan fingerprint density at radius 2 is 1.80 bits per heavy atom. The smallest absolute Gasteiger partial charge is 0.0600 e. The number of hydrogen-bond donors (Lipinski definition) is 1. The summed E-state index contributed by atoms with van der Waals surface area (Å²) in [6.45, 7) is 14.5. The maximum atomic E-state index is 5.67. The van der Waals surface area contributed by atoms with Gasteiger partial charge in [0.2, 0.25) is 0 Å². The molecule has 0 atom stereocenters. The lowest BCUT2D eigenvalue weighted by Gasteiger charge is -2.23. The molecular formula is C12H28N2O. The Kier molecular flexibility index (Phi) is 7.14. The molecule has 0 unspecified atom stereocenters. The van der Waals surface area contributed by atoms with E-state index >= 15 is 0 Å². The molecule has 0 bridgehead atoms. The van der Waals surface area contributed by atoms with Gasteiger partial charge in [-0.1, -0.05) is 13.8 Å². The first-order valence-electron chi connectivity index (χ1n) is 5.87. The minimum absolute atomic E-state index is 0.0168. The summed E-state index contributed by atoms with van der Waals surface area (Å²) in [5, 5.41) is 3.40. The Morgan fingerprint density at radius 1 is 1.20 bits per heavy atom. The van der Waals surface area contributed by atoms with Crippen LogP contribution in [0.3, 0.4) is 0 Å². The second-order valence-corrected chi connectivity index (χ2v) is 5.37. The summed E-state index contributed by atoms with van der Waals surface area (Å²) >= 11 is 0. The highest BCUT2D eigenvalue weighted by Crippen LogP contribution is 2.05. The van der Waals surface area contributed by atoms with Gasteiger partial charge in [-0.2, -0.15) is 0 Å². The molecule has 0 spiro atoms. The van der Waals surface area contributed by atoms with Crippen LogP contribution in [0.5, 0.6) is 0 Å². The van der Waals surface area contributed by atoms with Gasteiger partial charge in [-0.25, -0.2) is 0 Å². The molecule has 0 radical (unpaired) electrons. The first-order valence-corrected chi connectivity index (χ1v) is 5.87. The van der Waals surface area contributed by atoms with Crippen LogP contribution in [-0.2, 0) is 4.74 Å². The third kappa shape index (κ3) is 11.8. The van der Waals surface area contributed by atoms with Crippen molar-refractivity contribution in [3.8, 4) is 0 Å². The van der Waals surface area contributed by atoms with Crippen molar-refractivity contribution in [3.05, 3.63) is 0 Å².